The standard InChI is InChI=1S/C11H13NO3S/c1-3-6-7-5-8(13)12(7)9(11(14)15)10(6)16-4-2/h3,7H,4-5H2,1-2H3,(H,14,15)/t7-/m1/s1. The summed E-state index contributed by atoms with van der Waals surface area (Å²) in [5, 5.41) is 9.17. The molecule has 16 heavy (non-hydrogen) atoms. The van der Waals surface area contributed by atoms with E-state index in [2.05, 4.69) is 0 Å². The van der Waals surface area contributed by atoms with Gasteiger partial charge >= 0.3 is 5.97 Å². The molecule has 0 saturated carbocycles. The van der Waals surface area contributed by atoms with Gasteiger partial charge in [0.2, 0.25) is 5.91 Å². The highest BCUT2D eigenvalue weighted by Gasteiger charge is 2.50. The summed E-state index contributed by atoms with van der Waals surface area (Å²) in [7, 11) is 0. The molecule has 4 nitrogen and oxygen atoms in total. The number of hydrogen-bond donors (Lipinski definition) is 1. The summed E-state index contributed by atoms with van der Waals surface area (Å²) in [6.07, 6.45) is 2.35. The van der Waals surface area contributed by atoms with E-state index in [4.69, 9.17) is 0 Å². The average Bonchev–Trinajstić information content (AvgIpc) is 2.48. The number of thioether (sulfide) groups is 1. The first kappa shape index (κ1) is 11.3. The van der Waals surface area contributed by atoms with Crippen LogP contribution in [0.2, 0.25) is 0 Å². The van der Waals surface area contributed by atoms with Crippen LogP contribution in [0, 0.1) is 0 Å². The molecule has 1 fully saturated rings. The van der Waals surface area contributed by atoms with E-state index in [1.165, 1.54) is 16.7 Å². The first-order valence-corrected chi connectivity index (χ1v) is 6.19. The number of rotatable bonds is 3. The highest BCUT2D eigenvalue weighted by Crippen LogP contribution is 2.46. The molecule has 0 aromatic heterocycles. The Morgan fingerprint density at radius 3 is 2.81 bits per heavy atom. The van der Waals surface area contributed by atoms with Gasteiger partial charge in [-0.1, -0.05) is 13.0 Å². The molecule has 1 N–H and O–H groups in total. The van der Waals surface area contributed by atoms with Crippen molar-refractivity contribution >= 4 is 23.6 Å². The van der Waals surface area contributed by atoms with Crippen molar-refractivity contribution < 1.29 is 14.7 Å². The molecule has 2 aliphatic heterocycles. The third-order valence-electron chi connectivity index (χ3n) is 2.83. The van der Waals surface area contributed by atoms with Crippen molar-refractivity contribution in [2.75, 3.05) is 5.75 Å². The van der Waals surface area contributed by atoms with Gasteiger partial charge in [-0.05, 0) is 18.2 Å². The number of aliphatic carboxylic acids is 1. The summed E-state index contributed by atoms with van der Waals surface area (Å²) < 4.78 is 0. The summed E-state index contributed by atoms with van der Waals surface area (Å²) in [6.45, 7) is 3.86. The maximum atomic E-state index is 11.4. The molecular weight excluding hydrogens is 226 g/mol. The van der Waals surface area contributed by atoms with E-state index >= 15 is 0 Å². The third kappa shape index (κ3) is 1.38. The van der Waals surface area contributed by atoms with Gasteiger partial charge < -0.3 is 5.11 Å². The molecule has 2 heterocycles. The van der Waals surface area contributed by atoms with Gasteiger partial charge in [-0.2, -0.15) is 0 Å². The number of carbonyl (C=O) groups is 2. The lowest BCUT2D eigenvalue weighted by Crippen LogP contribution is -2.50. The van der Waals surface area contributed by atoms with Gasteiger partial charge in [0.05, 0.1) is 12.5 Å². The highest BCUT2D eigenvalue weighted by atomic mass is 32.2. The number of allylic oxidation sites excluding steroid dienone is 1. The highest BCUT2D eigenvalue weighted by molar-refractivity contribution is 8.03. The number of fused-ring (bicyclic) bond motifs is 1. The van der Waals surface area contributed by atoms with Crippen LogP contribution in [-0.4, -0.2) is 33.7 Å². The number of nitrogens with zero attached hydrogens (tertiary/aromatic N) is 1. The SMILES string of the molecule is CC=C1C(SCC)=C(C(=O)O)N2C(=O)C[C@H]12. The first-order valence-electron chi connectivity index (χ1n) is 5.20. The summed E-state index contributed by atoms with van der Waals surface area (Å²) in [5.74, 6) is -0.294. The predicted molar refractivity (Wildman–Crippen MR) is 61.8 cm³/mol. The molecular formula is C11H13NO3S. The zero-order chi connectivity index (χ0) is 11.9. The van der Waals surface area contributed by atoms with Crippen LogP contribution >= 0.6 is 11.8 Å². The predicted octanol–water partition coefficient (Wildman–Crippen LogP) is 1.60. The van der Waals surface area contributed by atoms with E-state index in [9.17, 15) is 14.7 Å². The number of hydrogen-bond acceptors (Lipinski definition) is 3. The van der Waals surface area contributed by atoms with Crippen LogP contribution in [0.15, 0.2) is 22.3 Å². The summed E-state index contributed by atoms with van der Waals surface area (Å²) in [5.41, 5.74) is 1.16. The number of amides is 1. The summed E-state index contributed by atoms with van der Waals surface area (Å²) in [4.78, 5) is 24.8. The summed E-state index contributed by atoms with van der Waals surface area (Å²) in [6, 6.07) is -0.0300. The Morgan fingerprint density at radius 2 is 2.38 bits per heavy atom. The minimum absolute atomic E-state index is 0.0300. The molecule has 2 rings (SSSR count). The van der Waals surface area contributed by atoms with Crippen molar-refractivity contribution in [2.45, 2.75) is 26.3 Å². The molecule has 1 saturated heterocycles. The molecule has 1 amide bonds. The second kappa shape index (κ2) is 3.97. The number of carboxylic acid groups (broad SMARTS) is 1. The number of carbonyl (C=O) groups excluding carboxylic acids is 1. The van der Waals surface area contributed by atoms with Gasteiger partial charge in [-0.25, -0.2) is 4.79 Å². The van der Waals surface area contributed by atoms with Gasteiger partial charge in [0.1, 0.15) is 5.70 Å². The Balaban J connectivity index is 2.47. The van der Waals surface area contributed by atoms with Crippen LogP contribution in [0.3, 0.4) is 0 Å². The van der Waals surface area contributed by atoms with Gasteiger partial charge in [0, 0.05) is 4.91 Å². The Bertz CT molecular complexity index is 425. The van der Waals surface area contributed by atoms with E-state index < -0.39 is 5.97 Å². The third-order valence-corrected chi connectivity index (χ3v) is 3.83. The minimum Gasteiger partial charge on any atom is -0.477 e. The van der Waals surface area contributed by atoms with Crippen molar-refractivity contribution in [1.29, 1.82) is 0 Å². The van der Waals surface area contributed by atoms with Crippen LogP contribution in [0.5, 0.6) is 0 Å². The van der Waals surface area contributed by atoms with Crippen molar-refractivity contribution in [2.24, 2.45) is 0 Å². The van der Waals surface area contributed by atoms with Crippen molar-refractivity contribution in [3.63, 3.8) is 0 Å². The van der Waals surface area contributed by atoms with Gasteiger partial charge in [0.25, 0.3) is 0 Å². The van der Waals surface area contributed by atoms with Crippen molar-refractivity contribution in [1.82, 2.24) is 4.90 Å². The summed E-state index contributed by atoms with van der Waals surface area (Å²) >= 11 is 1.49. The van der Waals surface area contributed by atoms with Crippen LogP contribution in [-0.2, 0) is 9.59 Å². The Labute approximate surface area is 98.0 Å². The second-order valence-corrected chi connectivity index (χ2v) is 4.92. The molecule has 1 atom stereocenters. The van der Waals surface area contributed by atoms with Crippen LogP contribution < -0.4 is 0 Å². The zero-order valence-corrected chi connectivity index (χ0v) is 10.0. The number of carboxylic acids is 1. The largest absolute Gasteiger partial charge is 0.477 e. The molecule has 0 spiro atoms. The molecule has 0 unspecified atom stereocenters. The fourth-order valence-corrected chi connectivity index (χ4v) is 3.19. The maximum absolute atomic E-state index is 11.4. The van der Waals surface area contributed by atoms with Crippen LogP contribution in [0.1, 0.15) is 20.3 Å². The van der Waals surface area contributed by atoms with Crippen LogP contribution in [0.4, 0.5) is 0 Å². The fraction of sp³-hybridized carbons (Fsp3) is 0.455. The monoisotopic (exact) mass is 239 g/mol. The first-order chi connectivity index (χ1) is 7.61. The quantitative estimate of drug-likeness (QED) is 0.760. The normalized spacial score (nSPS) is 26.1. The number of β-lactam (4-membered cyclic amide) rings is 1. The lowest BCUT2D eigenvalue weighted by molar-refractivity contribution is -0.146. The molecule has 0 bridgehead atoms. The maximum Gasteiger partial charge on any atom is 0.353 e. The second-order valence-electron chi connectivity index (χ2n) is 3.64. The molecule has 0 aliphatic carbocycles. The van der Waals surface area contributed by atoms with E-state index in [0.717, 1.165) is 16.2 Å². The van der Waals surface area contributed by atoms with E-state index in [0.29, 0.717) is 6.42 Å². The Morgan fingerprint density at radius 1 is 1.69 bits per heavy atom. The lowest BCUT2D eigenvalue weighted by Gasteiger charge is -2.35. The Hall–Kier alpha value is -1.23. The van der Waals surface area contributed by atoms with Crippen molar-refractivity contribution in [3.05, 3.63) is 22.3 Å². The fourth-order valence-electron chi connectivity index (χ4n) is 2.16. The van der Waals surface area contributed by atoms with Gasteiger partial charge in [-0.3, -0.25) is 9.69 Å². The Kier molecular flexibility index (Phi) is 2.80. The van der Waals surface area contributed by atoms with Crippen molar-refractivity contribution in [3.8, 4) is 0 Å². The average molecular weight is 239 g/mol. The molecule has 0 aromatic rings. The van der Waals surface area contributed by atoms with Crippen LogP contribution in [0.25, 0.3) is 0 Å². The minimum atomic E-state index is -1.01. The molecule has 0 aromatic carbocycles. The topological polar surface area (TPSA) is 57.6 Å². The van der Waals surface area contributed by atoms with Gasteiger partial charge in [0.15, 0.2) is 0 Å². The molecule has 86 valence electrons. The van der Waals surface area contributed by atoms with E-state index in [1.807, 2.05) is 19.9 Å². The van der Waals surface area contributed by atoms with E-state index in [1.54, 1.807) is 0 Å². The molecule has 2 aliphatic rings. The lowest BCUT2D eigenvalue weighted by atomic mass is 9.98. The molecule has 5 heteroatoms. The molecule has 0 radical (unpaired) electrons. The van der Waals surface area contributed by atoms with E-state index in [-0.39, 0.29) is 17.6 Å². The smallest absolute Gasteiger partial charge is 0.353 e. The zero-order valence-electron chi connectivity index (χ0n) is 9.19. The van der Waals surface area contributed by atoms with Gasteiger partial charge in [-0.15, -0.1) is 11.8 Å².